The predicted octanol–water partition coefficient (Wildman–Crippen LogP) is 3.58. The minimum absolute atomic E-state index is 0.0305. The summed E-state index contributed by atoms with van der Waals surface area (Å²) in [5.74, 6) is -0.0305. The minimum Gasteiger partial charge on any atom is -0.345 e. The number of carbonyl (C=O) groups is 1. The number of thiophene rings is 1. The van der Waals surface area contributed by atoms with Gasteiger partial charge in [0, 0.05) is 10.4 Å². The summed E-state index contributed by atoms with van der Waals surface area (Å²) >= 11 is 7.45. The van der Waals surface area contributed by atoms with Crippen LogP contribution >= 0.6 is 22.9 Å². The second kappa shape index (κ2) is 6.82. The van der Waals surface area contributed by atoms with Crippen molar-refractivity contribution in [1.29, 1.82) is 0 Å². The van der Waals surface area contributed by atoms with E-state index in [0.717, 1.165) is 40.7 Å². The fourth-order valence-electron chi connectivity index (χ4n) is 2.73. The number of hydrogen-bond donors (Lipinski definition) is 2. The van der Waals surface area contributed by atoms with Crippen LogP contribution in [-0.2, 0) is 12.8 Å². The Morgan fingerprint density at radius 3 is 2.73 bits per heavy atom. The van der Waals surface area contributed by atoms with Crippen LogP contribution in [0.5, 0.6) is 0 Å². The molecule has 2 aromatic rings. The van der Waals surface area contributed by atoms with Gasteiger partial charge in [0.15, 0.2) is 0 Å². The molecule has 1 atom stereocenters. The summed E-state index contributed by atoms with van der Waals surface area (Å²) in [6, 6.07) is 9.83. The largest absolute Gasteiger partial charge is 0.345 e. The lowest BCUT2D eigenvalue weighted by Crippen LogP contribution is -2.26. The molecule has 22 heavy (non-hydrogen) atoms. The summed E-state index contributed by atoms with van der Waals surface area (Å²) in [6.45, 7) is 3.96. The molecule has 116 valence electrons. The maximum absolute atomic E-state index is 12.5. The van der Waals surface area contributed by atoms with Crippen LogP contribution < -0.4 is 10.6 Å². The van der Waals surface area contributed by atoms with Gasteiger partial charge in [0.1, 0.15) is 0 Å². The quantitative estimate of drug-likeness (QED) is 0.900. The lowest BCUT2D eigenvalue weighted by molar-refractivity contribution is 0.0940. The molecule has 3 nitrogen and oxygen atoms in total. The van der Waals surface area contributed by atoms with Crippen molar-refractivity contribution < 1.29 is 4.79 Å². The van der Waals surface area contributed by atoms with E-state index in [0.29, 0.717) is 0 Å². The number of rotatable bonds is 3. The van der Waals surface area contributed by atoms with Gasteiger partial charge in [-0.05, 0) is 68.2 Å². The third-order valence-corrected chi connectivity index (χ3v) is 5.39. The molecule has 0 aliphatic carbocycles. The number of amides is 1. The first kappa shape index (κ1) is 15.5. The maximum atomic E-state index is 12.5. The highest BCUT2D eigenvalue weighted by Crippen LogP contribution is 2.27. The van der Waals surface area contributed by atoms with Gasteiger partial charge in [0.25, 0.3) is 5.91 Å². The minimum atomic E-state index is -0.0366. The Labute approximate surface area is 139 Å². The molecule has 5 heteroatoms. The molecular weight excluding hydrogens is 316 g/mol. The molecule has 3 rings (SSSR count). The molecule has 0 fully saturated rings. The summed E-state index contributed by atoms with van der Waals surface area (Å²) in [4.78, 5) is 13.5. The summed E-state index contributed by atoms with van der Waals surface area (Å²) in [5, 5.41) is 6.43. The van der Waals surface area contributed by atoms with Crippen LogP contribution in [0.15, 0.2) is 30.3 Å². The highest BCUT2D eigenvalue weighted by Gasteiger charge is 2.15. The van der Waals surface area contributed by atoms with Crippen LogP contribution in [0.3, 0.4) is 0 Å². The molecule has 1 aromatic carbocycles. The highest BCUT2D eigenvalue weighted by molar-refractivity contribution is 7.16. The van der Waals surface area contributed by atoms with Crippen molar-refractivity contribution in [2.24, 2.45) is 0 Å². The Bertz CT molecular complexity index is 683. The number of halogens is 1. The van der Waals surface area contributed by atoms with Crippen molar-refractivity contribution in [3.63, 3.8) is 0 Å². The molecule has 0 saturated heterocycles. The number of hydrogen-bond acceptors (Lipinski definition) is 3. The van der Waals surface area contributed by atoms with E-state index in [9.17, 15) is 4.79 Å². The fraction of sp³-hybridized carbons (Fsp3) is 0.353. The zero-order valence-electron chi connectivity index (χ0n) is 12.5. The number of benzene rings is 1. The van der Waals surface area contributed by atoms with Gasteiger partial charge in [-0.15, -0.1) is 11.3 Å². The molecular formula is C17H19ClN2OS. The van der Waals surface area contributed by atoms with Gasteiger partial charge in [0.2, 0.25) is 0 Å². The molecule has 0 bridgehead atoms. The zero-order chi connectivity index (χ0) is 15.5. The molecule has 0 spiro atoms. The molecule has 1 amide bonds. The second-order valence-electron chi connectivity index (χ2n) is 5.57. The Balaban J connectivity index is 1.73. The lowest BCUT2D eigenvalue weighted by atomic mass is 9.99. The van der Waals surface area contributed by atoms with Crippen LogP contribution in [0, 0.1) is 0 Å². The Kier molecular flexibility index (Phi) is 4.81. The van der Waals surface area contributed by atoms with Crippen LogP contribution in [0.2, 0.25) is 4.34 Å². The maximum Gasteiger partial charge on any atom is 0.251 e. The first-order valence-corrected chi connectivity index (χ1v) is 8.71. The van der Waals surface area contributed by atoms with Gasteiger partial charge in [-0.1, -0.05) is 17.7 Å². The number of carbonyl (C=O) groups excluding carboxylic acids is 1. The Hall–Kier alpha value is -1.36. The molecule has 1 aliphatic rings. The van der Waals surface area contributed by atoms with Gasteiger partial charge in [-0.3, -0.25) is 4.79 Å². The zero-order valence-corrected chi connectivity index (χ0v) is 14.1. The topological polar surface area (TPSA) is 41.1 Å². The molecule has 2 heterocycles. The molecule has 0 radical (unpaired) electrons. The van der Waals surface area contributed by atoms with Crippen molar-refractivity contribution in [2.45, 2.75) is 25.8 Å². The molecule has 0 saturated carbocycles. The second-order valence-corrected chi connectivity index (χ2v) is 7.32. The molecule has 1 aliphatic heterocycles. The van der Waals surface area contributed by atoms with Crippen molar-refractivity contribution in [2.75, 3.05) is 13.1 Å². The van der Waals surface area contributed by atoms with Gasteiger partial charge in [0.05, 0.1) is 10.4 Å². The van der Waals surface area contributed by atoms with Gasteiger partial charge < -0.3 is 10.6 Å². The average Bonchev–Trinajstić information content (AvgIpc) is 2.81. The monoisotopic (exact) mass is 334 g/mol. The SMILES string of the molecule is C[C@H](NC(=O)c1ccc2c(c1)CCNCC2)c1ccc(Cl)s1. The summed E-state index contributed by atoms with van der Waals surface area (Å²) in [6.07, 6.45) is 2.01. The highest BCUT2D eigenvalue weighted by atomic mass is 35.5. The van der Waals surface area contributed by atoms with Crippen molar-refractivity contribution in [3.8, 4) is 0 Å². The van der Waals surface area contributed by atoms with E-state index in [4.69, 9.17) is 11.6 Å². The normalized spacial score (nSPS) is 15.7. The van der Waals surface area contributed by atoms with Crippen molar-refractivity contribution >= 4 is 28.8 Å². The van der Waals surface area contributed by atoms with Crippen LogP contribution in [-0.4, -0.2) is 19.0 Å². The summed E-state index contributed by atoms with van der Waals surface area (Å²) in [5.41, 5.74) is 3.36. The van der Waals surface area contributed by atoms with Crippen molar-refractivity contribution in [1.82, 2.24) is 10.6 Å². The van der Waals surface area contributed by atoms with Crippen LogP contribution in [0.1, 0.15) is 39.3 Å². The fourth-order valence-corrected chi connectivity index (χ4v) is 3.79. The average molecular weight is 335 g/mol. The molecule has 2 N–H and O–H groups in total. The predicted molar refractivity (Wildman–Crippen MR) is 91.9 cm³/mol. The van der Waals surface area contributed by atoms with Gasteiger partial charge in [-0.25, -0.2) is 0 Å². The van der Waals surface area contributed by atoms with E-state index in [1.165, 1.54) is 22.5 Å². The van der Waals surface area contributed by atoms with E-state index in [1.807, 2.05) is 31.2 Å². The van der Waals surface area contributed by atoms with Crippen molar-refractivity contribution in [3.05, 3.63) is 56.2 Å². The van der Waals surface area contributed by atoms with E-state index >= 15 is 0 Å². The van der Waals surface area contributed by atoms with Gasteiger partial charge in [-0.2, -0.15) is 0 Å². The lowest BCUT2D eigenvalue weighted by Gasteiger charge is -2.13. The number of nitrogens with one attached hydrogen (secondary N) is 2. The third kappa shape index (κ3) is 3.51. The smallest absolute Gasteiger partial charge is 0.251 e. The molecule has 1 aromatic heterocycles. The standard InChI is InChI=1S/C17H19ClN2OS/c1-11(15-4-5-16(18)22-15)20-17(21)14-3-2-12-6-8-19-9-7-13(12)10-14/h2-5,10-11,19H,6-9H2,1H3,(H,20,21)/t11-/m0/s1. The summed E-state index contributed by atoms with van der Waals surface area (Å²) < 4.78 is 0.744. The Morgan fingerprint density at radius 1 is 1.23 bits per heavy atom. The van der Waals surface area contributed by atoms with Gasteiger partial charge >= 0.3 is 0 Å². The summed E-state index contributed by atoms with van der Waals surface area (Å²) in [7, 11) is 0. The first-order valence-electron chi connectivity index (χ1n) is 7.52. The number of fused-ring (bicyclic) bond motifs is 1. The van der Waals surface area contributed by atoms with E-state index in [-0.39, 0.29) is 11.9 Å². The first-order chi connectivity index (χ1) is 10.6. The van der Waals surface area contributed by atoms with E-state index < -0.39 is 0 Å². The van der Waals surface area contributed by atoms with E-state index in [2.05, 4.69) is 16.7 Å². The van der Waals surface area contributed by atoms with Crippen LogP contribution in [0.4, 0.5) is 0 Å². The molecule has 0 unspecified atom stereocenters. The third-order valence-electron chi connectivity index (χ3n) is 3.98. The Morgan fingerprint density at radius 2 is 2.00 bits per heavy atom. The van der Waals surface area contributed by atoms with Crippen LogP contribution in [0.25, 0.3) is 0 Å². The van der Waals surface area contributed by atoms with E-state index in [1.54, 1.807) is 0 Å².